The number of rotatable bonds is 2. The quantitative estimate of drug-likeness (QED) is 0.721. The number of nitrogens with one attached hydrogen (secondary N) is 1. The third-order valence-corrected chi connectivity index (χ3v) is 4.47. The molecule has 4 heterocycles. The number of likely N-dealkylation sites (N-methyl/N-ethyl adjacent to an activating group) is 1. The van der Waals surface area contributed by atoms with E-state index in [0.717, 1.165) is 0 Å². The molecule has 0 aromatic carbocycles. The first-order chi connectivity index (χ1) is 11.8. The molecule has 2 aromatic heterocycles. The zero-order valence-electron chi connectivity index (χ0n) is 13.8. The van der Waals surface area contributed by atoms with Crippen LogP contribution in [0.4, 0.5) is 5.95 Å². The minimum Gasteiger partial charge on any atom is -0.368 e. The Hall–Kier alpha value is -2.01. The van der Waals surface area contributed by atoms with Crippen LogP contribution in [0.5, 0.6) is 0 Å². The van der Waals surface area contributed by atoms with Gasteiger partial charge >= 0.3 is 0 Å². The normalized spacial score (nSPS) is 30.6. The summed E-state index contributed by atoms with van der Waals surface area (Å²) in [5.41, 5.74) is 6.47. The lowest BCUT2D eigenvalue weighted by molar-refractivity contribution is -0.197. The van der Waals surface area contributed by atoms with Gasteiger partial charge in [0.1, 0.15) is 17.7 Å². The molecule has 4 atom stereocenters. The predicted molar refractivity (Wildman–Crippen MR) is 86.5 cm³/mol. The summed E-state index contributed by atoms with van der Waals surface area (Å²) in [4.78, 5) is 24.5. The van der Waals surface area contributed by atoms with E-state index in [1.54, 1.807) is 18.4 Å². The summed E-state index contributed by atoms with van der Waals surface area (Å²) >= 11 is 6.07. The molecular formula is C14H17ClN6O4. The minimum absolute atomic E-state index is 0.0144. The predicted octanol–water partition coefficient (Wildman–Crippen LogP) is 0.225. The first-order valence-corrected chi connectivity index (χ1v) is 8.07. The van der Waals surface area contributed by atoms with E-state index < -0.39 is 30.3 Å². The first-order valence-electron chi connectivity index (χ1n) is 7.69. The highest BCUT2D eigenvalue weighted by Gasteiger charge is 2.58. The van der Waals surface area contributed by atoms with Gasteiger partial charge in [0.05, 0.1) is 6.33 Å². The Bertz CT molecular complexity index is 855. The molecule has 3 N–H and O–H groups in total. The van der Waals surface area contributed by atoms with Crippen molar-refractivity contribution in [2.24, 2.45) is 0 Å². The van der Waals surface area contributed by atoms with E-state index in [4.69, 9.17) is 31.5 Å². The summed E-state index contributed by atoms with van der Waals surface area (Å²) in [5, 5.41) is 2.72. The van der Waals surface area contributed by atoms with Crippen molar-refractivity contribution >= 4 is 34.6 Å². The van der Waals surface area contributed by atoms with Crippen molar-refractivity contribution in [2.45, 2.75) is 44.2 Å². The molecule has 134 valence electrons. The van der Waals surface area contributed by atoms with E-state index in [1.165, 1.54) is 13.4 Å². The van der Waals surface area contributed by atoms with Crippen molar-refractivity contribution in [1.82, 2.24) is 24.8 Å². The van der Waals surface area contributed by atoms with Crippen molar-refractivity contribution in [1.29, 1.82) is 0 Å². The van der Waals surface area contributed by atoms with Crippen LogP contribution in [0.15, 0.2) is 6.33 Å². The van der Waals surface area contributed by atoms with Crippen molar-refractivity contribution in [3.8, 4) is 0 Å². The number of nitrogens with zero attached hydrogens (tertiary/aromatic N) is 4. The molecule has 2 unspecified atom stereocenters. The molecule has 2 aliphatic rings. The molecule has 0 bridgehead atoms. The molecule has 0 radical (unpaired) electrons. The van der Waals surface area contributed by atoms with E-state index in [0.29, 0.717) is 11.2 Å². The van der Waals surface area contributed by atoms with Gasteiger partial charge in [0.15, 0.2) is 28.9 Å². The van der Waals surface area contributed by atoms with Gasteiger partial charge in [-0.15, -0.1) is 0 Å². The molecule has 4 rings (SSSR count). The van der Waals surface area contributed by atoms with Gasteiger partial charge in [0.2, 0.25) is 5.95 Å². The molecule has 2 fully saturated rings. The highest BCUT2D eigenvalue weighted by Crippen LogP contribution is 2.43. The zero-order chi connectivity index (χ0) is 17.9. The number of carbonyl (C=O) groups excluding carboxylic acids is 1. The van der Waals surface area contributed by atoms with E-state index in [1.807, 2.05) is 0 Å². The van der Waals surface area contributed by atoms with Crippen LogP contribution in [0.1, 0.15) is 20.1 Å². The van der Waals surface area contributed by atoms with E-state index in [9.17, 15) is 4.79 Å². The minimum atomic E-state index is -0.842. The first kappa shape index (κ1) is 16.5. The fourth-order valence-corrected chi connectivity index (χ4v) is 3.46. The van der Waals surface area contributed by atoms with E-state index in [2.05, 4.69) is 20.3 Å². The van der Waals surface area contributed by atoms with Crippen LogP contribution in [-0.4, -0.2) is 56.6 Å². The summed E-state index contributed by atoms with van der Waals surface area (Å²) in [5.74, 6) is -1.12. The standard InChI is InChI=1S/C14H17ClN6O4/c1-14(2)24-6-7(11(22)17-3)23-12(8(6)25-14)21-4-18-5-9(15)19-13(16)20-10(5)21/h4,6-8,12H,1-3H3,(H,17,22)(H2,16,19,20)/t6?,7-,8?,12+/m0/s1. The number of hydrogen-bond acceptors (Lipinski definition) is 8. The van der Waals surface area contributed by atoms with Crippen LogP contribution in [0, 0.1) is 0 Å². The van der Waals surface area contributed by atoms with Gasteiger partial charge in [-0.3, -0.25) is 9.36 Å². The Balaban J connectivity index is 1.79. The van der Waals surface area contributed by atoms with Crippen molar-refractivity contribution < 1.29 is 19.0 Å². The van der Waals surface area contributed by atoms with Gasteiger partial charge in [-0.2, -0.15) is 9.97 Å². The zero-order valence-corrected chi connectivity index (χ0v) is 14.5. The second-order valence-electron chi connectivity index (χ2n) is 6.32. The Morgan fingerprint density at radius 2 is 2.08 bits per heavy atom. The Morgan fingerprint density at radius 1 is 1.36 bits per heavy atom. The lowest BCUT2D eigenvalue weighted by Crippen LogP contribution is -2.41. The summed E-state index contributed by atoms with van der Waals surface area (Å²) in [6.45, 7) is 3.57. The smallest absolute Gasteiger partial charge is 0.251 e. The SMILES string of the molecule is CNC(=O)[C@H]1O[C@@H](n2cnc3c(Cl)nc(N)nc32)C2OC(C)(C)OC21. The van der Waals surface area contributed by atoms with Gasteiger partial charge in [0.25, 0.3) is 5.91 Å². The number of carbonyl (C=O) groups is 1. The van der Waals surface area contributed by atoms with Gasteiger partial charge in [-0.25, -0.2) is 4.98 Å². The second-order valence-corrected chi connectivity index (χ2v) is 6.68. The number of hydrogen-bond donors (Lipinski definition) is 2. The number of ether oxygens (including phenoxy) is 3. The molecule has 2 saturated heterocycles. The van der Waals surface area contributed by atoms with Crippen LogP contribution in [0.25, 0.3) is 11.2 Å². The third-order valence-electron chi connectivity index (χ3n) is 4.20. The number of nitrogen functional groups attached to an aromatic ring is 1. The summed E-state index contributed by atoms with van der Waals surface area (Å²) < 4.78 is 19.4. The molecule has 2 aliphatic heterocycles. The van der Waals surface area contributed by atoms with Crippen LogP contribution in [0.3, 0.4) is 0 Å². The van der Waals surface area contributed by atoms with Crippen LogP contribution >= 0.6 is 11.6 Å². The van der Waals surface area contributed by atoms with Gasteiger partial charge in [0, 0.05) is 7.05 Å². The topological polar surface area (TPSA) is 126 Å². The molecule has 2 aromatic rings. The number of imidazole rings is 1. The maximum absolute atomic E-state index is 12.2. The molecule has 11 heteroatoms. The molecule has 1 amide bonds. The fraction of sp³-hybridized carbons (Fsp3) is 0.571. The molecule has 10 nitrogen and oxygen atoms in total. The number of fused-ring (bicyclic) bond motifs is 2. The fourth-order valence-electron chi connectivity index (χ4n) is 3.24. The van der Waals surface area contributed by atoms with E-state index >= 15 is 0 Å². The monoisotopic (exact) mass is 368 g/mol. The number of amides is 1. The van der Waals surface area contributed by atoms with Crippen molar-refractivity contribution in [2.75, 3.05) is 12.8 Å². The number of aromatic nitrogens is 4. The molecule has 0 spiro atoms. The Morgan fingerprint density at radius 3 is 2.80 bits per heavy atom. The molecule has 25 heavy (non-hydrogen) atoms. The Labute approximate surface area is 147 Å². The molecule has 0 saturated carbocycles. The average Bonchev–Trinajstić information content (AvgIpc) is 3.17. The van der Waals surface area contributed by atoms with Crippen molar-refractivity contribution in [3.63, 3.8) is 0 Å². The summed E-state index contributed by atoms with van der Waals surface area (Å²) in [6, 6.07) is 0. The van der Waals surface area contributed by atoms with Gasteiger partial charge in [-0.1, -0.05) is 11.6 Å². The number of nitrogens with two attached hydrogens (primary N) is 1. The second kappa shape index (κ2) is 5.49. The summed E-state index contributed by atoms with van der Waals surface area (Å²) in [7, 11) is 1.54. The largest absolute Gasteiger partial charge is 0.368 e. The maximum Gasteiger partial charge on any atom is 0.251 e. The molecule has 0 aliphatic carbocycles. The van der Waals surface area contributed by atoms with Crippen molar-refractivity contribution in [3.05, 3.63) is 11.5 Å². The lowest BCUT2D eigenvalue weighted by atomic mass is 10.1. The third kappa shape index (κ3) is 2.53. The Kier molecular flexibility index (Phi) is 3.62. The highest BCUT2D eigenvalue weighted by atomic mass is 35.5. The summed E-state index contributed by atoms with van der Waals surface area (Å²) in [6.07, 6.45) is -1.08. The number of halogens is 1. The average molecular weight is 369 g/mol. The maximum atomic E-state index is 12.2. The highest BCUT2D eigenvalue weighted by molar-refractivity contribution is 6.33. The van der Waals surface area contributed by atoms with Gasteiger partial charge < -0.3 is 25.3 Å². The lowest BCUT2D eigenvalue weighted by Gasteiger charge is -2.24. The van der Waals surface area contributed by atoms with Crippen LogP contribution in [-0.2, 0) is 19.0 Å². The van der Waals surface area contributed by atoms with Crippen LogP contribution < -0.4 is 11.1 Å². The molecular weight excluding hydrogens is 352 g/mol. The van der Waals surface area contributed by atoms with Gasteiger partial charge in [-0.05, 0) is 13.8 Å². The van der Waals surface area contributed by atoms with E-state index in [-0.39, 0.29) is 17.0 Å². The number of anilines is 1. The van der Waals surface area contributed by atoms with Crippen LogP contribution in [0.2, 0.25) is 5.15 Å².